The van der Waals surface area contributed by atoms with Crippen molar-refractivity contribution in [2.45, 2.75) is 45.0 Å². The lowest BCUT2D eigenvalue weighted by Gasteiger charge is -2.38. The molecule has 1 saturated heterocycles. The van der Waals surface area contributed by atoms with E-state index >= 15 is 4.39 Å². The average Bonchev–Trinajstić information content (AvgIpc) is 2.82. The molecule has 0 N–H and O–H groups in total. The van der Waals surface area contributed by atoms with Gasteiger partial charge in [-0.3, -0.25) is 19.2 Å². The zero-order chi connectivity index (χ0) is 20.1. The number of hydrogen-bond acceptors (Lipinski definition) is 6. The van der Waals surface area contributed by atoms with Crippen molar-refractivity contribution in [3.63, 3.8) is 0 Å². The molecule has 0 spiro atoms. The molecule has 9 heteroatoms. The summed E-state index contributed by atoms with van der Waals surface area (Å²) < 4.78 is 20.7. The number of nitrogens with zero attached hydrogens (tertiary/aromatic N) is 2. The Kier molecular flexibility index (Phi) is 4.13. The Hall–Kier alpha value is -3.10. The fourth-order valence-corrected chi connectivity index (χ4v) is 2.99. The number of alkyl halides is 1. The van der Waals surface area contributed by atoms with Gasteiger partial charge in [0.25, 0.3) is 23.5 Å². The molecular formula is C18H17FN2O6. The van der Waals surface area contributed by atoms with Crippen LogP contribution < -0.4 is 0 Å². The first-order valence-corrected chi connectivity index (χ1v) is 8.24. The fourth-order valence-electron chi connectivity index (χ4n) is 2.99. The smallest absolute Gasteiger partial charge is 0.424 e. The summed E-state index contributed by atoms with van der Waals surface area (Å²) in [4.78, 5) is 62.3. The number of halogens is 1. The van der Waals surface area contributed by atoms with Gasteiger partial charge in [-0.05, 0) is 32.9 Å². The van der Waals surface area contributed by atoms with Crippen molar-refractivity contribution in [3.8, 4) is 0 Å². The minimum atomic E-state index is -3.15. The van der Waals surface area contributed by atoms with Crippen LogP contribution in [0.3, 0.4) is 0 Å². The van der Waals surface area contributed by atoms with Gasteiger partial charge in [0.2, 0.25) is 5.91 Å². The number of hydrogen-bond donors (Lipinski definition) is 0. The number of benzene rings is 1. The van der Waals surface area contributed by atoms with Crippen LogP contribution in [-0.2, 0) is 14.3 Å². The second kappa shape index (κ2) is 5.97. The van der Waals surface area contributed by atoms with Crippen molar-refractivity contribution in [2.24, 2.45) is 0 Å². The van der Waals surface area contributed by atoms with Gasteiger partial charge in [-0.1, -0.05) is 12.1 Å². The molecule has 2 heterocycles. The van der Waals surface area contributed by atoms with Gasteiger partial charge in [-0.25, -0.2) is 14.1 Å². The molecule has 0 saturated carbocycles. The Labute approximate surface area is 153 Å². The highest BCUT2D eigenvalue weighted by molar-refractivity contribution is 6.25. The third kappa shape index (κ3) is 2.88. The quantitative estimate of drug-likeness (QED) is 0.549. The van der Waals surface area contributed by atoms with E-state index in [-0.39, 0.29) is 20.9 Å². The molecule has 1 unspecified atom stereocenters. The van der Waals surface area contributed by atoms with Gasteiger partial charge in [-0.2, -0.15) is 4.90 Å². The van der Waals surface area contributed by atoms with E-state index in [1.165, 1.54) is 45.0 Å². The van der Waals surface area contributed by atoms with Gasteiger partial charge < -0.3 is 4.74 Å². The first-order chi connectivity index (χ1) is 12.5. The SMILES string of the molecule is CC(C)(C)OC(=O)N1C(=O)CCC(F)(N2C(=O)c3ccccc3C2=O)C1=O. The molecule has 0 bridgehead atoms. The molecule has 2 aliphatic heterocycles. The van der Waals surface area contributed by atoms with Crippen LogP contribution in [0.25, 0.3) is 0 Å². The minimum absolute atomic E-state index is 0.0261. The first-order valence-electron chi connectivity index (χ1n) is 8.24. The van der Waals surface area contributed by atoms with Crippen molar-refractivity contribution in [1.29, 1.82) is 0 Å². The number of fused-ring (bicyclic) bond motifs is 1. The number of amides is 5. The molecule has 1 aromatic carbocycles. The summed E-state index contributed by atoms with van der Waals surface area (Å²) in [6, 6.07) is 5.67. The maximum absolute atomic E-state index is 15.7. The molecule has 3 rings (SSSR count). The first kappa shape index (κ1) is 18.7. The normalized spacial score (nSPS) is 23.0. The molecule has 1 aromatic rings. The minimum Gasteiger partial charge on any atom is -0.443 e. The Balaban J connectivity index is 1.98. The largest absolute Gasteiger partial charge is 0.443 e. The Morgan fingerprint density at radius 2 is 1.59 bits per heavy atom. The molecule has 142 valence electrons. The fraction of sp³-hybridized carbons (Fsp3) is 0.389. The summed E-state index contributed by atoms with van der Waals surface area (Å²) in [5.41, 5.74) is -1.13. The molecule has 0 radical (unpaired) electrons. The number of likely N-dealkylation sites (tertiary alicyclic amines) is 1. The summed E-state index contributed by atoms with van der Waals surface area (Å²) >= 11 is 0. The number of ether oxygens (including phenoxy) is 1. The van der Waals surface area contributed by atoms with E-state index < -0.39 is 54.0 Å². The van der Waals surface area contributed by atoms with Crippen LogP contribution >= 0.6 is 0 Å². The molecule has 1 atom stereocenters. The zero-order valence-corrected chi connectivity index (χ0v) is 14.9. The highest BCUT2D eigenvalue weighted by Crippen LogP contribution is 2.37. The molecule has 27 heavy (non-hydrogen) atoms. The number of imide groups is 4. The number of carbonyl (C=O) groups excluding carboxylic acids is 5. The van der Waals surface area contributed by atoms with E-state index in [1.54, 1.807) is 0 Å². The van der Waals surface area contributed by atoms with Crippen LogP contribution in [-0.4, -0.2) is 50.9 Å². The van der Waals surface area contributed by atoms with Crippen LogP contribution in [0.5, 0.6) is 0 Å². The van der Waals surface area contributed by atoms with E-state index in [4.69, 9.17) is 4.74 Å². The number of carbonyl (C=O) groups is 5. The van der Waals surface area contributed by atoms with Crippen molar-refractivity contribution in [3.05, 3.63) is 35.4 Å². The summed E-state index contributed by atoms with van der Waals surface area (Å²) in [7, 11) is 0. The lowest BCUT2D eigenvalue weighted by atomic mass is 9.99. The molecule has 0 aliphatic carbocycles. The van der Waals surface area contributed by atoms with E-state index in [0.717, 1.165) is 0 Å². The molecule has 1 fully saturated rings. The monoisotopic (exact) mass is 376 g/mol. The van der Waals surface area contributed by atoms with E-state index in [1.807, 2.05) is 0 Å². The van der Waals surface area contributed by atoms with Gasteiger partial charge in [-0.15, -0.1) is 0 Å². The van der Waals surface area contributed by atoms with Gasteiger partial charge in [0.1, 0.15) is 5.60 Å². The van der Waals surface area contributed by atoms with Crippen LogP contribution in [0, 0.1) is 0 Å². The summed E-state index contributed by atoms with van der Waals surface area (Å²) in [6.07, 6.45) is -2.62. The summed E-state index contributed by atoms with van der Waals surface area (Å²) in [5.74, 6) is -7.71. The third-order valence-electron chi connectivity index (χ3n) is 4.17. The van der Waals surface area contributed by atoms with Crippen molar-refractivity contribution < 1.29 is 33.1 Å². The number of piperidine rings is 1. The average molecular weight is 376 g/mol. The maximum atomic E-state index is 15.7. The van der Waals surface area contributed by atoms with E-state index in [9.17, 15) is 24.0 Å². The molecule has 5 amide bonds. The zero-order valence-electron chi connectivity index (χ0n) is 14.9. The molecule has 2 aliphatic rings. The third-order valence-corrected chi connectivity index (χ3v) is 4.17. The molecule has 0 aromatic heterocycles. The van der Waals surface area contributed by atoms with E-state index in [2.05, 4.69) is 0 Å². The molecule has 8 nitrogen and oxygen atoms in total. The van der Waals surface area contributed by atoms with Crippen molar-refractivity contribution in [2.75, 3.05) is 0 Å². The summed E-state index contributed by atoms with van der Waals surface area (Å²) in [6.45, 7) is 4.53. The highest BCUT2D eigenvalue weighted by atomic mass is 19.1. The van der Waals surface area contributed by atoms with Gasteiger partial charge in [0.15, 0.2) is 0 Å². The lowest BCUT2D eigenvalue weighted by molar-refractivity contribution is -0.165. The Morgan fingerprint density at radius 3 is 2.07 bits per heavy atom. The van der Waals surface area contributed by atoms with Crippen LogP contribution in [0.15, 0.2) is 24.3 Å². The molecular weight excluding hydrogens is 359 g/mol. The van der Waals surface area contributed by atoms with Crippen LogP contribution in [0.2, 0.25) is 0 Å². The lowest BCUT2D eigenvalue weighted by Crippen LogP contribution is -2.64. The topological polar surface area (TPSA) is 101 Å². The summed E-state index contributed by atoms with van der Waals surface area (Å²) in [5, 5.41) is 0. The number of rotatable bonds is 1. The predicted octanol–water partition coefficient (Wildman–Crippen LogP) is 2.03. The Morgan fingerprint density at radius 1 is 1.07 bits per heavy atom. The second-order valence-corrected chi connectivity index (χ2v) is 7.27. The van der Waals surface area contributed by atoms with Crippen LogP contribution in [0.4, 0.5) is 9.18 Å². The van der Waals surface area contributed by atoms with Gasteiger partial charge >= 0.3 is 6.09 Å². The van der Waals surface area contributed by atoms with Crippen molar-refractivity contribution >= 4 is 29.7 Å². The maximum Gasteiger partial charge on any atom is 0.424 e. The van der Waals surface area contributed by atoms with E-state index in [0.29, 0.717) is 0 Å². The Bertz CT molecular complexity index is 855. The van der Waals surface area contributed by atoms with Gasteiger partial charge in [0, 0.05) is 12.8 Å². The predicted molar refractivity (Wildman–Crippen MR) is 88.1 cm³/mol. The van der Waals surface area contributed by atoms with Crippen LogP contribution in [0.1, 0.15) is 54.3 Å². The van der Waals surface area contributed by atoms with Crippen molar-refractivity contribution in [1.82, 2.24) is 9.80 Å². The second-order valence-electron chi connectivity index (χ2n) is 7.27. The highest BCUT2D eigenvalue weighted by Gasteiger charge is 2.60. The van der Waals surface area contributed by atoms with Gasteiger partial charge in [0.05, 0.1) is 11.1 Å². The standard InChI is InChI=1S/C18H17FN2O6/c1-17(2,3)27-16(26)20-12(22)8-9-18(19,15(20)25)21-13(23)10-6-4-5-7-11(10)14(21)24/h4-7H,8-9H2,1-3H3.